The van der Waals surface area contributed by atoms with Crippen LogP contribution in [0.25, 0.3) is 0 Å². The van der Waals surface area contributed by atoms with E-state index in [-0.39, 0.29) is 0 Å². The number of fused-ring (bicyclic) bond motifs is 2. The van der Waals surface area contributed by atoms with Gasteiger partial charge < -0.3 is 5.11 Å². The van der Waals surface area contributed by atoms with Gasteiger partial charge in [0.05, 0.1) is 12.0 Å². The van der Waals surface area contributed by atoms with Crippen LogP contribution in [0.15, 0.2) is 42.6 Å². The van der Waals surface area contributed by atoms with Gasteiger partial charge in [0.2, 0.25) is 0 Å². The molecule has 1 heterocycles. The maximum atomic E-state index is 11.4. The molecule has 1 aromatic carbocycles. The van der Waals surface area contributed by atoms with Gasteiger partial charge in [-0.05, 0) is 37.0 Å². The molecule has 0 unspecified atom stereocenters. The minimum atomic E-state index is -1.29. The van der Waals surface area contributed by atoms with Crippen LogP contribution in [0.1, 0.15) is 29.3 Å². The van der Waals surface area contributed by atoms with Gasteiger partial charge in [-0.1, -0.05) is 30.3 Å². The average molecular weight is 264 g/mol. The van der Waals surface area contributed by atoms with Gasteiger partial charge in [0.1, 0.15) is 5.60 Å². The van der Waals surface area contributed by atoms with Crippen molar-refractivity contribution in [2.24, 2.45) is 5.92 Å². The van der Waals surface area contributed by atoms with Crippen molar-refractivity contribution >= 4 is 0 Å². The van der Waals surface area contributed by atoms with Crippen LogP contribution in [0.3, 0.4) is 0 Å². The van der Waals surface area contributed by atoms with Gasteiger partial charge in [-0.3, -0.25) is 4.98 Å². The molecule has 2 aromatic rings. The van der Waals surface area contributed by atoms with Crippen LogP contribution in [-0.2, 0) is 18.4 Å². The monoisotopic (exact) mass is 264 g/mol. The molecule has 3 rings (SSSR count). The summed E-state index contributed by atoms with van der Waals surface area (Å²) in [6.45, 7) is 1.76. The normalized spacial score (nSPS) is 22.1. The molecule has 1 N–H and O–H groups in total. The second-order valence-corrected chi connectivity index (χ2v) is 5.27. The van der Waals surface area contributed by atoms with Crippen LogP contribution < -0.4 is 0 Å². The Balaban J connectivity index is 2.33. The van der Waals surface area contributed by atoms with E-state index in [0.29, 0.717) is 0 Å². The number of benzene rings is 1. The summed E-state index contributed by atoms with van der Waals surface area (Å²) in [7, 11) is 0. The highest BCUT2D eigenvalue weighted by Gasteiger charge is 2.42. The van der Waals surface area contributed by atoms with E-state index < -0.39 is 11.5 Å². The first-order valence-corrected chi connectivity index (χ1v) is 6.82. The lowest BCUT2D eigenvalue weighted by molar-refractivity contribution is 0.0453. The van der Waals surface area contributed by atoms with E-state index in [1.54, 1.807) is 13.1 Å². The molecule has 2 atom stereocenters. The Morgan fingerprint density at radius 2 is 1.95 bits per heavy atom. The fourth-order valence-electron chi connectivity index (χ4n) is 3.05. The van der Waals surface area contributed by atoms with E-state index in [4.69, 9.17) is 0 Å². The largest absolute Gasteiger partial charge is 0.379 e. The van der Waals surface area contributed by atoms with Gasteiger partial charge >= 0.3 is 0 Å². The van der Waals surface area contributed by atoms with Gasteiger partial charge in [0.25, 0.3) is 0 Å². The van der Waals surface area contributed by atoms with E-state index in [9.17, 15) is 10.4 Å². The third-order valence-corrected chi connectivity index (χ3v) is 4.18. The molecule has 0 saturated carbocycles. The summed E-state index contributed by atoms with van der Waals surface area (Å²) in [5.41, 5.74) is 2.29. The summed E-state index contributed by atoms with van der Waals surface area (Å²) >= 11 is 0. The predicted octanol–water partition coefficient (Wildman–Crippen LogP) is 2.58. The molecule has 0 amide bonds. The van der Waals surface area contributed by atoms with Crippen molar-refractivity contribution in [2.45, 2.75) is 25.4 Å². The molecule has 0 radical (unpaired) electrons. The topological polar surface area (TPSA) is 56.9 Å². The first kappa shape index (κ1) is 12.8. The Bertz CT molecular complexity index is 640. The molecular formula is C17H16N2O. The van der Waals surface area contributed by atoms with Crippen molar-refractivity contribution in [1.82, 2.24) is 4.98 Å². The molecule has 0 bridgehead atoms. The van der Waals surface area contributed by atoms with E-state index in [1.165, 1.54) is 0 Å². The summed E-state index contributed by atoms with van der Waals surface area (Å²) in [5.74, 6) is -0.537. The fourth-order valence-corrected chi connectivity index (χ4v) is 3.05. The quantitative estimate of drug-likeness (QED) is 0.861. The summed E-state index contributed by atoms with van der Waals surface area (Å²) in [5, 5.41) is 20.7. The zero-order valence-corrected chi connectivity index (χ0v) is 11.4. The summed E-state index contributed by atoms with van der Waals surface area (Å²) in [6.07, 6.45) is 3.36. The minimum Gasteiger partial charge on any atom is -0.379 e. The molecule has 1 aromatic heterocycles. The number of nitrogens with zero attached hydrogens (tertiary/aromatic N) is 2. The molecule has 0 spiro atoms. The summed E-state index contributed by atoms with van der Waals surface area (Å²) in [6, 6.07) is 13.7. The Morgan fingerprint density at radius 1 is 1.20 bits per heavy atom. The van der Waals surface area contributed by atoms with Crippen LogP contribution in [0.5, 0.6) is 0 Å². The van der Waals surface area contributed by atoms with Crippen molar-refractivity contribution in [1.29, 1.82) is 5.26 Å². The number of rotatable bonds is 1. The second kappa shape index (κ2) is 4.73. The summed E-state index contributed by atoms with van der Waals surface area (Å²) in [4.78, 5) is 4.41. The van der Waals surface area contributed by atoms with Crippen LogP contribution in [0, 0.1) is 17.2 Å². The van der Waals surface area contributed by atoms with Crippen LogP contribution in [0.4, 0.5) is 0 Å². The third-order valence-electron chi connectivity index (χ3n) is 4.18. The lowest BCUT2D eigenvalue weighted by Gasteiger charge is -2.32. The molecule has 20 heavy (non-hydrogen) atoms. The molecule has 3 nitrogen and oxygen atoms in total. The molecule has 0 saturated heterocycles. The van der Waals surface area contributed by atoms with Crippen molar-refractivity contribution in [2.75, 3.05) is 0 Å². The second-order valence-electron chi connectivity index (χ2n) is 5.27. The molecule has 0 aliphatic heterocycles. The Hall–Kier alpha value is -2.18. The first-order valence-electron chi connectivity index (χ1n) is 6.82. The Labute approximate surface area is 118 Å². The molecule has 100 valence electrons. The lowest BCUT2D eigenvalue weighted by Crippen LogP contribution is -2.35. The zero-order chi connectivity index (χ0) is 14.2. The predicted molar refractivity (Wildman–Crippen MR) is 75.9 cm³/mol. The van der Waals surface area contributed by atoms with Crippen LogP contribution >= 0.6 is 0 Å². The van der Waals surface area contributed by atoms with Gasteiger partial charge in [-0.25, -0.2) is 0 Å². The van der Waals surface area contributed by atoms with Crippen LogP contribution in [-0.4, -0.2) is 10.1 Å². The number of pyridine rings is 1. The van der Waals surface area contributed by atoms with Crippen molar-refractivity contribution in [3.05, 3.63) is 65.0 Å². The highest BCUT2D eigenvalue weighted by Crippen LogP contribution is 2.41. The van der Waals surface area contributed by atoms with Crippen molar-refractivity contribution < 1.29 is 5.11 Å². The van der Waals surface area contributed by atoms with E-state index in [2.05, 4.69) is 11.1 Å². The molecule has 3 heteroatoms. The Morgan fingerprint density at radius 3 is 2.75 bits per heavy atom. The van der Waals surface area contributed by atoms with E-state index >= 15 is 0 Å². The fraction of sp³-hybridized carbons (Fsp3) is 0.294. The highest BCUT2D eigenvalue weighted by atomic mass is 16.3. The number of hydrogen-bond acceptors (Lipinski definition) is 3. The van der Waals surface area contributed by atoms with Gasteiger partial charge in [0, 0.05) is 17.5 Å². The number of aromatic nitrogens is 1. The smallest absolute Gasteiger partial charge is 0.132 e. The summed E-state index contributed by atoms with van der Waals surface area (Å²) < 4.78 is 0. The average Bonchev–Trinajstić information content (AvgIpc) is 2.64. The van der Waals surface area contributed by atoms with Gasteiger partial charge in [-0.2, -0.15) is 5.26 Å². The van der Waals surface area contributed by atoms with E-state index in [0.717, 1.165) is 35.2 Å². The van der Waals surface area contributed by atoms with Gasteiger partial charge in [-0.15, -0.1) is 0 Å². The molecule has 1 aliphatic rings. The SMILES string of the molecule is C[C@H](C#N)[C@]1(O)c2ccccc2CCc2ncccc21. The minimum absolute atomic E-state index is 0.537. The molecule has 0 fully saturated rings. The van der Waals surface area contributed by atoms with Crippen molar-refractivity contribution in [3.63, 3.8) is 0 Å². The number of hydrogen-bond donors (Lipinski definition) is 1. The van der Waals surface area contributed by atoms with Crippen molar-refractivity contribution in [3.8, 4) is 6.07 Å². The van der Waals surface area contributed by atoms with E-state index in [1.807, 2.05) is 36.4 Å². The molecular weight excluding hydrogens is 248 g/mol. The standard InChI is InChI=1S/C17H16N2O/c1-12(11-18)17(20)14-6-3-2-5-13(14)8-9-16-15(17)7-4-10-19-16/h2-7,10,12,20H,8-9H2,1H3/t12-,17+/m1/s1. The first-order chi connectivity index (χ1) is 9.67. The third kappa shape index (κ3) is 1.73. The maximum Gasteiger partial charge on any atom is 0.132 e. The Kier molecular flexibility index (Phi) is 3.04. The molecule has 1 aliphatic carbocycles. The van der Waals surface area contributed by atoms with Crippen LogP contribution in [0.2, 0.25) is 0 Å². The maximum absolute atomic E-state index is 11.4. The number of nitriles is 1. The van der Waals surface area contributed by atoms with Gasteiger partial charge in [0.15, 0.2) is 0 Å². The highest BCUT2D eigenvalue weighted by molar-refractivity contribution is 5.47. The lowest BCUT2D eigenvalue weighted by atomic mass is 9.76. The number of aryl methyl sites for hydroxylation is 2. The number of aliphatic hydroxyl groups is 1. The zero-order valence-electron chi connectivity index (χ0n) is 11.4.